The number of ketones is 1. The number of Topliss-reactive ketones (excluding diaryl/α,β-unsaturated/α-hetero) is 1. The van der Waals surface area contributed by atoms with Gasteiger partial charge in [-0.1, -0.05) is 25.4 Å². The van der Waals surface area contributed by atoms with Crippen LogP contribution in [0.25, 0.3) is 0 Å². The van der Waals surface area contributed by atoms with Crippen molar-refractivity contribution in [3.8, 4) is 0 Å². The summed E-state index contributed by atoms with van der Waals surface area (Å²) in [7, 11) is 0. The zero-order valence-corrected chi connectivity index (χ0v) is 9.92. The van der Waals surface area contributed by atoms with Crippen LogP contribution in [0.5, 0.6) is 0 Å². The van der Waals surface area contributed by atoms with E-state index in [2.05, 4.69) is 18.8 Å². The fourth-order valence-corrected chi connectivity index (χ4v) is 1.48. The molecule has 0 spiro atoms. The van der Waals surface area contributed by atoms with Gasteiger partial charge < -0.3 is 0 Å². The van der Waals surface area contributed by atoms with Crippen LogP contribution >= 0.6 is 11.6 Å². The summed E-state index contributed by atoms with van der Waals surface area (Å²) in [5.41, 5.74) is 0.875. The average molecular weight is 226 g/mol. The van der Waals surface area contributed by atoms with Crippen LogP contribution in [0, 0.1) is 5.92 Å². The number of carbonyl (C=O) groups is 1. The first kappa shape index (κ1) is 12.2. The van der Waals surface area contributed by atoms with Crippen molar-refractivity contribution >= 4 is 17.4 Å². The Bertz CT molecular complexity index is 336. The molecule has 1 rings (SSSR count). The predicted octanol–water partition coefficient (Wildman–Crippen LogP) is 3.28. The molecule has 0 saturated carbocycles. The lowest BCUT2D eigenvalue weighted by molar-refractivity contribution is -0.118. The van der Waals surface area contributed by atoms with E-state index in [9.17, 15) is 4.79 Å². The monoisotopic (exact) mass is 225 g/mol. The van der Waals surface area contributed by atoms with E-state index >= 15 is 0 Å². The maximum absolute atomic E-state index is 11.6. The highest BCUT2D eigenvalue weighted by atomic mass is 35.5. The van der Waals surface area contributed by atoms with Crippen molar-refractivity contribution in [3.63, 3.8) is 0 Å². The lowest BCUT2D eigenvalue weighted by Gasteiger charge is -2.05. The van der Waals surface area contributed by atoms with Crippen molar-refractivity contribution in [3.05, 3.63) is 29.0 Å². The number of halogens is 1. The summed E-state index contributed by atoms with van der Waals surface area (Å²) >= 11 is 5.92. The first-order valence-corrected chi connectivity index (χ1v) is 5.57. The van der Waals surface area contributed by atoms with Crippen LogP contribution in [-0.2, 0) is 11.2 Å². The summed E-state index contributed by atoms with van der Waals surface area (Å²) in [5, 5.41) is 0.579. The molecule has 0 aliphatic rings. The first-order valence-electron chi connectivity index (χ1n) is 5.19. The van der Waals surface area contributed by atoms with E-state index in [0.717, 1.165) is 12.0 Å². The molecular formula is C12H16ClNO. The molecule has 0 radical (unpaired) electrons. The lowest BCUT2D eigenvalue weighted by Crippen LogP contribution is -2.04. The second kappa shape index (κ2) is 5.86. The van der Waals surface area contributed by atoms with Gasteiger partial charge in [-0.3, -0.25) is 9.78 Å². The number of rotatable bonds is 5. The Morgan fingerprint density at radius 3 is 2.87 bits per heavy atom. The van der Waals surface area contributed by atoms with Gasteiger partial charge in [0.2, 0.25) is 0 Å². The van der Waals surface area contributed by atoms with Crippen LogP contribution in [0.4, 0.5) is 0 Å². The highest BCUT2D eigenvalue weighted by Crippen LogP contribution is 2.15. The van der Waals surface area contributed by atoms with Gasteiger partial charge in [0.15, 0.2) is 0 Å². The summed E-state index contributed by atoms with van der Waals surface area (Å²) in [4.78, 5) is 15.5. The van der Waals surface area contributed by atoms with Gasteiger partial charge in [0.25, 0.3) is 0 Å². The summed E-state index contributed by atoms with van der Waals surface area (Å²) in [5.74, 6) is 0.818. The summed E-state index contributed by atoms with van der Waals surface area (Å²) < 4.78 is 0. The minimum absolute atomic E-state index is 0.247. The fraction of sp³-hybridized carbons (Fsp3) is 0.500. The molecule has 0 aliphatic heterocycles. The van der Waals surface area contributed by atoms with Gasteiger partial charge in [-0.15, -0.1) is 0 Å². The molecule has 0 bridgehead atoms. The molecule has 0 N–H and O–H groups in total. The molecule has 0 aliphatic carbocycles. The molecule has 3 heteroatoms. The maximum atomic E-state index is 11.6. The molecule has 0 fully saturated rings. The van der Waals surface area contributed by atoms with Gasteiger partial charge in [0, 0.05) is 25.2 Å². The SMILES string of the molecule is CC(C)CCC(=O)Cc1ccncc1Cl. The van der Waals surface area contributed by atoms with Crippen molar-refractivity contribution < 1.29 is 4.79 Å². The third kappa shape index (κ3) is 4.43. The van der Waals surface area contributed by atoms with E-state index in [4.69, 9.17) is 11.6 Å². The van der Waals surface area contributed by atoms with Crippen LogP contribution in [0.3, 0.4) is 0 Å². The zero-order chi connectivity index (χ0) is 11.3. The summed E-state index contributed by atoms with van der Waals surface area (Å²) in [6, 6.07) is 1.80. The highest BCUT2D eigenvalue weighted by Gasteiger charge is 2.07. The Morgan fingerprint density at radius 2 is 2.27 bits per heavy atom. The Hall–Kier alpha value is -0.890. The van der Waals surface area contributed by atoms with Crippen molar-refractivity contribution in [2.75, 3.05) is 0 Å². The Balaban J connectivity index is 2.48. The Labute approximate surface area is 95.7 Å². The molecule has 0 saturated heterocycles. The number of carbonyl (C=O) groups excluding carboxylic acids is 1. The summed E-state index contributed by atoms with van der Waals surface area (Å²) in [6.07, 6.45) is 5.25. The fourth-order valence-electron chi connectivity index (χ4n) is 1.30. The molecule has 1 aromatic heterocycles. The van der Waals surface area contributed by atoms with Crippen LogP contribution in [-0.4, -0.2) is 10.8 Å². The van der Waals surface area contributed by atoms with E-state index in [1.165, 1.54) is 0 Å². The second-order valence-electron chi connectivity index (χ2n) is 4.12. The molecule has 0 amide bonds. The van der Waals surface area contributed by atoms with Gasteiger partial charge in [0.1, 0.15) is 5.78 Å². The predicted molar refractivity (Wildman–Crippen MR) is 62.0 cm³/mol. The van der Waals surface area contributed by atoms with E-state index in [0.29, 0.717) is 23.8 Å². The zero-order valence-electron chi connectivity index (χ0n) is 9.16. The van der Waals surface area contributed by atoms with E-state index < -0.39 is 0 Å². The molecule has 82 valence electrons. The molecule has 2 nitrogen and oxygen atoms in total. The topological polar surface area (TPSA) is 30.0 Å². The molecule has 15 heavy (non-hydrogen) atoms. The molecule has 1 heterocycles. The molecule has 1 aromatic rings. The minimum atomic E-state index is 0.247. The number of pyridine rings is 1. The maximum Gasteiger partial charge on any atom is 0.137 e. The third-order valence-electron chi connectivity index (χ3n) is 2.24. The molecule has 0 unspecified atom stereocenters. The molecule has 0 atom stereocenters. The van der Waals surface area contributed by atoms with E-state index in [1.807, 2.05) is 0 Å². The number of nitrogens with zero attached hydrogens (tertiary/aromatic N) is 1. The van der Waals surface area contributed by atoms with Crippen LogP contribution in [0.1, 0.15) is 32.3 Å². The van der Waals surface area contributed by atoms with Crippen molar-refractivity contribution in [1.29, 1.82) is 0 Å². The van der Waals surface area contributed by atoms with Gasteiger partial charge >= 0.3 is 0 Å². The van der Waals surface area contributed by atoms with Crippen LogP contribution in [0.2, 0.25) is 5.02 Å². The Kier molecular flexibility index (Phi) is 4.76. The van der Waals surface area contributed by atoms with Gasteiger partial charge in [-0.05, 0) is 24.0 Å². The first-order chi connectivity index (χ1) is 7.09. The van der Waals surface area contributed by atoms with Crippen molar-refractivity contribution in [1.82, 2.24) is 4.98 Å². The number of hydrogen-bond donors (Lipinski definition) is 0. The summed E-state index contributed by atoms with van der Waals surface area (Å²) in [6.45, 7) is 4.24. The lowest BCUT2D eigenvalue weighted by atomic mass is 10.0. The largest absolute Gasteiger partial charge is 0.299 e. The van der Waals surface area contributed by atoms with Crippen LogP contribution < -0.4 is 0 Å². The van der Waals surface area contributed by atoms with Gasteiger partial charge in [-0.2, -0.15) is 0 Å². The molecular weight excluding hydrogens is 210 g/mol. The van der Waals surface area contributed by atoms with Crippen molar-refractivity contribution in [2.45, 2.75) is 33.1 Å². The van der Waals surface area contributed by atoms with Gasteiger partial charge in [-0.25, -0.2) is 0 Å². The minimum Gasteiger partial charge on any atom is -0.299 e. The Morgan fingerprint density at radius 1 is 1.53 bits per heavy atom. The standard InChI is InChI=1S/C12H16ClNO/c1-9(2)3-4-11(15)7-10-5-6-14-8-12(10)13/h5-6,8-9H,3-4,7H2,1-2H3. The number of aromatic nitrogens is 1. The normalized spacial score (nSPS) is 10.7. The number of hydrogen-bond acceptors (Lipinski definition) is 2. The second-order valence-corrected chi connectivity index (χ2v) is 4.52. The third-order valence-corrected chi connectivity index (χ3v) is 2.58. The molecule has 0 aromatic carbocycles. The van der Waals surface area contributed by atoms with Crippen LogP contribution in [0.15, 0.2) is 18.5 Å². The van der Waals surface area contributed by atoms with E-state index in [1.54, 1.807) is 18.5 Å². The smallest absolute Gasteiger partial charge is 0.137 e. The van der Waals surface area contributed by atoms with Gasteiger partial charge in [0.05, 0.1) is 5.02 Å². The quantitative estimate of drug-likeness (QED) is 0.770. The highest BCUT2D eigenvalue weighted by molar-refractivity contribution is 6.31. The average Bonchev–Trinajstić information content (AvgIpc) is 2.18. The van der Waals surface area contributed by atoms with E-state index in [-0.39, 0.29) is 5.78 Å². The van der Waals surface area contributed by atoms with Crippen molar-refractivity contribution in [2.24, 2.45) is 5.92 Å².